The van der Waals surface area contributed by atoms with Crippen molar-refractivity contribution in [2.75, 3.05) is 5.88 Å². The molecule has 1 aliphatic rings. The monoisotopic (exact) mass is 205 g/mol. The Morgan fingerprint density at radius 2 is 2.38 bits per heavy atom. The molecule has 0 spiro atoms. The quantitative estimate of drug-likeness (QED) is 0.534. The van der Waals surface area contributed by atoms with E-state index in [1.165, 1.54) is 0 Å². The lowest BCUT2D eigenvalue weighted by atomic mass is 9.80. The molecule has 1 amide bonds. The van der Waals surface area contributed by atoms with Crippen molar-refractivity contribution in [3.63, 3.8) is 0 Å². The van der Waals surface area contributed by atoms with Crippen molar-refractivity contribution in [2.24, 2.45) is 11.7 Å². The van der Waals surface area contributed by atoms with Crippen LogP contribution in [0.5, 0.6) is 0 Å². The van der Waals surface area contributed by atoms with Crippen molar-refractivity contribution in [3.05, 3.63) is 0 Å². The minimum atomic E-state index is -0.724. The predicted octanol–water partition coefficient (Wildman–Crippen LogP) is 0.422. The van der Waals surface area contributed by atoms with Crippen molar-refractivity contribution in [1.29, 1.82) is 0 Å². The Labute approximate surface area is 81.4 Å². The first-order valence-corrected chi connectivity index (χ1v) is 4.60. The van der Waals surface area contributed by atoms with E-state index in [2.05, 4.69) is 0 Å². The van der Waals surface area contributed by atoms with Gasteiger partial charge in [-0.25, -0.2) is 0 Å². The van der Waals surface area contributed by atoms with E-state index in [4.69, 9.17) is 22.1 Å². The fourth-order valence-electron chi connectivity index (χ4n) is 1.59. The van der Waals surface area contributed by atoms with Crippen LogP contribution in [0.2, 0.25) is 0 Å². The number of carbonyl (C=O) groups is 2. The molecule has 0 saturated carbocycles. The van der Waals surface area contributed by atoms with E-state index in [0.717, 1.165) is 0 Å². The molecule has 1 heterocycles. The molecule has 2 atom stereocenters. The van der Waals surface area contributed by atoms with E-state index in [1.54, 1.807) is 6.92 Å². The Morgan fingerprint density at radius 1 is 1.85 bits per heavy atom. The van der Waals surface area contributed by atoms with Crippen molar-refractivity contribution >= 4 is 23.5 Å². The Bertz CT molecular complexity index is 234. The molecule has 5 heteroatoms. The summed E-state index contributed by atoms with van der Waals surface area (Å²) in [6.45, 7) is 1.70. The highest BCUT2D eigenvalue weighted by Gasteiger charge is 2.50. The second-order valence-corrected chi connectivity index (χ2v) is 3.77. The number of hydrogen-bond donors (Lipinski definition) is 1. The Hall–Kier alpha value is -0.770. The normalized spacial score (nSPS) is 28.9. The number of nitrogens with two attached hydrogens (primary N) is 1. The highest BCUT2D eigenvalue weighted by atomic mass is 35.5. The molecular weight excluding hydrogens is 194 g/mol. The molecule has 1 saturated heterocycles. The lowest BCUT2D eigenvalue weighted by molar-refractivity contribution is -0.198. The third kappa shape index (κ3) is 1.94. The van der Waals surface area contributed by atoms with E-state index in [-0.39, 0.29) is 12.4 Å². The van der Waals surface area contributed by atoms with Gasteiger partial charge in [-0.15, -0.1) is 11.6 Å². The zero-order chi connectivity index (χ0) is 10.1. The van der Waals surface area contributed by atoms with Gasteiger partial charge in [-0.1, -0.05) is 0 Å². The predicted molar refractivity (Wildman–Crippen MR) is 47.1 cm³/mol. The second-order valence-electron chi connectivity index (χ2n) is 3.40. The van der Waals surface area contributed by atoms with Gasteiger partial charge in [-0.2, -0.15) is 0 Å². The molecule has 13 heavy (non-hydrogen) atoms. The Morgan fingerprint density at radius 3 is 2.69 bits per heavy atom. The summed E-state index contributed by atoms with van der Waals surface area (Å²) in [5.41, 5.74) is 4.45. The molecule has 0 aliphatic carbocycles. The maximum Gasteiger partial charge on any atom is 0.310 e. The number of amides is 1. The smallest absolute Gasteiger partial charge is 0.310 e. The summed E-state index contributed by atoms with van der Waals surface area (Å²) in [6, 6.07) is 0. The third-order valence-corrected chi connectivity index (χ3v) is 2.54. The Balaban J connectivity index is 2.64. The summed E-state index contributed by atoms with van der Waals surface area (Å²) in [4.78, 5) is 21.6. The van der Waals surface area contributed by atoms with Crippen LogP contribution in [0.15, 0.2) is 0 Å². The maximum atomic E-state index is 11.0. The van der Waals surface area contributed by atoms with Gasteiger partial charge in [0.15, 0.2) is 0 Å². The van der Waals surface area contributed by atoms with Crippen LogP contribution < -0.4 is 5.73 Å². The average Bonchev–Trinajstić information content (AvgIpc) is 1.96. The van der Waals surface area contributed by atoms with Crippen LogP contribution in [0.25, 0.3) is 0 Å². The fraction of sp³-hybridized carbons (Fsp3) is 0.750. The lowest BCUT2D eigenvalue weighted by Crippen LogP contribution is -2.54. The van der Waals surface area contributed by atoms with Crippen LogP contribution in [-0.4, -0.2) is 23.4 Å². The van der Waals surface area contributed by atoms with Crippen LogP contribution >= 0.6 is 11.6 Å². The molecule has 1 aliphatic heterocycles. The topological polar surface area (TPSA) is 69.4 Å². The second kappa shape index (κ2) is 3.54. The summed E-state index contributed by atoms with van der Waals surface area (Å²) in [5, 5.41) is 0. The van der Waals surface area contributed by atoms with Gasteiger partial charge in [0.25, 0.3) is 0 Å². The summed E-state index contributed by atoms with van der Waals surface area (Å²) < 4.78 is 4.90. The summed E-state index contributed by atoms with van der Waals surface area (Å²) in [6.07, 6.45) is 0.693. The van der Waals surface area contributed by atoms with Crippen molar-refractivity contribution < 1.29 is 14.3 Å². The molecule has 74 valence electrons. The van der Waals surface area contributed by atoms with Gasteiger partial charge in [0.05, 0.1) is 12.3 Å². The lowest BCUT2D eigenvalue weighted by Gasteiger charge is -2.41. The third-order valence-electron chi connectivity index (χ3n) is 2.32. The van der Waals surface area contributed by atoms with Gasteiger partial charge < -0.3 is 10.5 Å². The van der Waals surface area contributed by atoms with Crippen LogP contribution in [0.1, 0.15) is 19.8 Å². The van der Waals surface area contributed by atoms with E-state index in [1.807, 2.05) is 0 Å². The maximum absolute atomic E-state index is 11.0. The van der Waals surface area contributed by atoms with Crippen LogP contribution in [0.3, 0.4) is 0 Å². The number of primary amides is 1. The number of hydrogen-bond acceptors (Lipinski definition) is 3. The van der Waals surface area contributed by atoms with Crippen LogP contribution in [0.4, 0.5) is 0 Å². The van der Waals surface area contributed by atoms with Gasteiger partial charge >= 0.3 is 5.97 Å². The molecule has 0 aromatic carbocycles. The first-order chi connectivity index (χ1) is 5.99. The standard InChI is InChI=1S/C8H12ClNO3/c1-8(4-6(11)13-8)5(2-3-9)7(10)12/h5H,2-4H2,1H3,(H2,10,12)/t5?,8-/m1/s1. The molecule has 1 unspecified atom stereocenters. The largest absolute Gasteiger partial charge is 0.458 e. The number of ether oxygens (including phenoxy) is 1. The fourth-order valence-corrected chi connectivity index (χ4v) is 1.81. The van der Waals surface area contributed by atoms with E-state index in [9.17, 15) is 9.59 Å². The first-order valence-electron chi connectivity index (χ1n) is 4.07. The summed E-state index contributed by atoms with van der Waals surface area (Å²) >= 11 is 5.52. The van der Waals surface area contributed by atoms with Gasteiger partial charge in [-0.3, -0.25) is 9.59 Å². The molecule has 1 fully saturated rings. The van der Waals surface area contributed by atoms with Crippen LogP contribution in [-0.2, 0) is 14.3 Å². The van der Waals surface area contributed by atoms with Crippen molar-refractivity contribution in [2.45, 2.75) is 25.4 Å². The van der Waals surface area contributed by atoms with Gasteiger partial charge in [0.2, 0.25) is 5.91 Å². The molecule has 2 N–H and O–H groups in total. The highest BCUT2D eigenvalue weighted by Crippen LogP contribution is 2.36. The van der Waals surface area contributed by atoms with Crippen LogP contribution in [0, 0.1) is 5.92 Å². The number of rotatable bonds is 4. The molecule has 1 rings (SSSR count). The van der Waals surface area contributed by atoms with E-state index in [0.29, 0.717) is 12.3 Å². The molecule has 4 nitrogen and oxygen atoms in total. The van der Waals surface area contributed by atoms with Crippen molar-refractivity contribution in [3.8, 4) is 0 Å². The first kappa shape index (κ1) is 10.3. The number of esters is 1. The van der Waals surface area contributed by atoms with Gasteiger partial charge in [0, 0.05) is 5.88 Å². The SMILES string of the molecule is C[C@]1(C(CCCl)C(N)=O)CC(=O)O1. The average molecular weight is 206 g/mol. The zero-order valence-corrected chi connectivity index (χ0v) is 8.13. The molecule has 0 aromatic rings. The zero-order valence-electron chi connectivity index (χ0n) is 7.38. The number of carbonyl (C=O) groups excluding carboxylic acids is 2. The minimum Gasteiger partial charge on any atom is -0.458 e. The molecule has 0 radical (unpaired) electrons. The minimum absolute atomic E-state index is 0.248. The van der Waals surface area contributed by atoms with Gasteiger partial charge in [-0.05, 0) is 13.3 Å². The number of cyclic esters (lactones) is 1. The summed E-state index contributed by atoms with van der Waals surface area (Å²) in [5.74, 6) is -0.887. The highest BCUT2D eigenvalue weighted by molar-refractivity contribution is 6.18. The van der Waals surface area contributed by atoms with Gasteiger partial charge in [0.1, 0.15) is 5.60 Å². The summed E-state index contributed by atoms with van der Waals surface area (Å²) in [7, 11) is 0. The molecule has 0 aromatic heterocycles. The number of halogens is 1. The van der Waals surface area contributed by atoms with E-state index >= 15 is 0 Å². The van der Waals surface area contributed by atoms with Crippen molar-refractivity contribution in [1.82, 2.24) is 0 Å². The Kier molecular flexibility index (Phi) is 2.81. The molecule has 0 bridgehead atoms. The number of alkyl halides is 1. The van der Waals surface area contributed by atoms with E-state index < -0.39 is 17.4 Å². The molecular formula is C8H12ClNO3.